The highest BCUT2D eigenvalue weighted by molar-refractivity contribution is 5.95. The number of amides is 2. The zero-order valence-corrected chi connectivity index (χ0v) is 12.8. The molecule has 0 bridgehead atoms. The molecule has 2 aromatic rings. The monoisotopic (exact) mass is 296 g/mol. The van der Waals surface area contributed by atoms with E-state index < -0.39 is 0 Å². The molecule has 2 N–H and O–H groups in total. The lowest BCUT2D eigenvalue weighted by atomic mass is 10.1. The van der Waals surface area contributed by atoms with Gasteiger partial charge >= 0.3 is 0 Å². The van der Waals surface area contributed by atoms with E-state index in [0.717, 1.165) is 22.4 Å². The summed E-state index contributed by atoms with van der Waals surface area (Å²) in [5, 5.41) is 5.43. The minimum Gasteiger partial charge on any atom is -0.347 e. The van der Waals surface area contributed by atoms with Gasteiger partial charge in [-0.2, -0.15) is 0 Å². The number of carbonyl (C=O) groups excluding carboxylic acids is 2. The van der Waals surface area contributed by atoms with Crippen molar-refractivity contribution in [3.63, 3.8) is 0 Å². The van der Waals surface area contributed by atoms with Gasteiger partial charge in [-0.25, -0.2) is 0 Å². The van der Waals surface area contributed by atoms with Gasteiger partial charge in [-0.15, -0.1) is 0 Å². The van der Waals surface area contributed by atoms with Crippen LogP contribution in [0.2, 0.25) is 0 Å². The number of carbonyl (C=O) groups is 2. The Morgan fingerprint density at radius 2 is 1.50 bits per heavy atom. The number of nitrogens with one attached hydrogen (secondary N) is 2. The summed E-state index contributed by atoms with van der Waals surface area (Å²) in [4.78, 5) is 23.8. The smallest absolute Gasteiger partial charge is 0.243 e. The van der Waals surface area contributed by atoms with Crippen LogP contribution in [0.5, 0.6) is 0 Å². The highest BCUT2D eigenvalue weighted by Crippen LogP contribution is 2.12. The van der Waals surface area contributed by atoms with Gasteiger partial charge in [0.2, 0.25) is 11.8 Å². The first-order chi connectivity index (χ1) is 10.6. The van der Waals surface area contributed by atoms with E-state index in [1.165, 1.54) is 0 Å². The molecule has 0 aliphatic carbocycles. The van der Waals surface area contributed by atoms with Gasteiger partial charge in [0, 0.05) is 5.69 Å². The van der Waals surface area contributed by atoms with E-state index in [0.29, 0.717) is 0 Å². The molecular formula is C18H20N2O2. The van der Waals surface area contributed by atoms with Gasteiger partial charge < -0.3 is 10.6 Å². The van der Waals surface area contributed by atoms with Crippen LogP contribution in [0.25, 0.3) is 0 Å². The maximum absolute atomic E-state index is 11.9. The highest BCUT2D eigenvalue weighted by Gasteiger charge is 2.08. The fraction of sp³-hybridized carbons (Fsp3) is 0.222. The lowest BCUT2D eigenvalue weighted by Gasteiger charge is -2.09. The van der Waals surface area contributed by atoms with Crippen LogP contribution in [0.1, 0.15) is 16.7 Å². The Morgan fingerprint density at radius 3 is 2.18 bits per heavy atom. The van der Waals surface area contributed by atoms with Gasteiger partial charge in [0.25, 0.3) is 0 Å². The van der Waals surface area contributed by atoms with Gasteiger partial charge in [-0.05, 0) is 36.6 Å². The number of para-hydroxylation sites is 1. The molecule has 2 amide bonds. The predicted octanol–water partition coefficient (Wildman–Crippen LogP) is 2.60. The zero-order valence-electron chi connectivity index (χ0n) is 12.8. The summed E-state index contributed by atoms with van der Waals surface area (Å²) < 4.78 is 0. The van der Waals surface area contributed by atoms with Crippen LogP contribution < -0.4 is 10.6 Å². The second-order valence-corrected chi connectivity index (χ2v) is 5.24. The summed E-state index contributed by atoms with van der Waals surface area (Å²) in [6.45, 7) is 3.86. The molecule has 114 valence electrons. The van der Waals surface area contributed by atoms with Crippen molar-refractivity contribution in [3.05, 3.63) is 65.2 Å². The Labute approximate surface area is 130 Å². The second kappa shape index (κ2) is 7.41. The third-order valence-electron chi connectivity index (χ3n) is 3.48. The lowest BCUT2D eigenvalue weighted by Crippen LogP contribution is -2.34. The highest BCUT2D eigenvalue weighted by atomic mass is 16.2. The molecule has 0 unspecified atom stereocenters. The van der Waals surface area contributed by atoms with Gasteiger partial charge in [-0.3, -0.25) is 9.59 Å². The molecule has 2 rings (SSSR count). The molecule has 0 spiro atoms. The van der Waals surface area contributed by atoms with Crippen molar-refractivity contribution in [3.8, 4) is 0 Å². The van der Waals surface area contributed by atoms with Crippen LogP contribution in [-0.4, -0.2) is 18.4 Å². The number of benzene rings is 2. The first kappa shape index (κ1) is 15.8. The van der Waals surface area contributed by atoms with Crippen molar-refractivity contribution in [1.29, 1.82) is 0 Å². The molecule has 0 aliphatic rings. The first-order valence-electron chi connectivity index (χ1n) is 7.23. The van der Waals surface area contributed by atoms with Gasteiger partial charge in [0.15, 0.2) is 0 Å². The molecule has 0 aliphatic heterocycles. The predicted molar refractivity (Wildman–Crippen MR) is 87.7 cm³/mol. The normalized spacial score (nSPS) is 10.1. The summed E-state index contributed by atoms with van der Waals surface area (Å²) in [7, 11) is 0. The molecular weight excluding hydrogens is 276 g/mol. The van der Waals surface area contributed by atoms with Gasteiger partial charge in [0.05, 0.1) is 13.0 Å². The standard InChI is InChI=1S/C18H20N2O2/c1-13-7-3-5-9-15(13)11-17(21)19-12-18(22)20-16-10-6-4-8-14(16)2/h3-10H,11-12H2,1-2H3,(H,19,21)(H,20,22). The van der Waals surface area contributed by atoms with E-state index >= 15 is 0 Å². The Balaban J connectivity index is 1.82. The average Bonchev–Trinajstić information content (AvgIpc) is 2.50. The van der Waals surface area contributed by atoms with Crippen LogP contribution in [0, 0.1) is 13.8 Å². The molecule has 4 nitrogen and oxygen atoms in total. The summed E-state index contributed by atoms with van der Waals surface area (Å²) in [6, 6.07) is 15.3. The van der Waals surface area contributed by atoms with Crippen LogP contribution in [0.3, 0.4) is 0 Å². The van der Waals surface area contributed by atoms with Crippen molar-refractivity contribution in [2.24, 2.45) is 0 Å². The number of anilines is 1. The van der Waals surface area contributed by atoms with E-state index in [4.69, 9.17) is 0 Å². The maximum Gasteiger partial charge on any atom is 0.243 e. The number of hydrogen-bond acceptors (Lipinski definition) is 2. The second-order valence-electron chi connectivity index (χ2n) is 5.24. The van der Waals surface area contributed by atoms with E-state index in [1.54, 1.807) is 0 Å². The summed E-state index contributed by atoms with van der Waals surface area (Å²) in [5.74, 6) is -0.387. The average molecular weight is 296 g/mol. The summed E-state index contributed by atoms with van der Waals surface area (Å²) in [5.41, 5.74) is 3.80. The van der Waals surface area contributed by atoms with Crippen molar-refractivity contribution in [1.82, 2.24) is 5.32 Å². The number of aryl methyl sites for hydroxylation is 2. The van der Waals surface area contributed by atoms with Crippen molar-refractivity contribution in [2.75, 3.05) is 11.9 Å². The molecule has 0 heterocycles. The summed E-state index contributed by atoms with van der Waals surface area (Å²) >= 11 is 0. The van der Waals surface area contributed by atoms with Crippen LogP contribution in [-0.2, 0) is 16.0 Å². The first-order valence-corrected chi connectivity index (χ1v) is 7.23. The Hall–Kier alpha value is -2.62. The minimum atomic E-state index is -0.229. The molecule has 0 saturated carbocycles. The van der Waals surface area contributed by atoms with E-state index in [1.807, 2.05) is 62.4 Å². The molecule has 0 atom stereocenters. The lowest BCUT2D eigenvalue weighted by molar-refractivity contribution is -0.123. The molecule has 4 heteroatoms. The molecule has 0 saturated heterocycles. The van der Waals surface area contributed by atoms with Crippen molar-refractivity contribution < 1.29 is 9.59 Å². The van der Waals surface area contributed by atoms with Crippen LogP contribution in [0.4, 0.5) is 5.69 Å². The molecule has 0 fully saturated rings. The Kier molecular flexibility index (Phi) is 5.31. The quantitative estimate of drug-likeness (QED) is 0.891. The Morgan fingerprint density at radius 1 is 0.864 bits per heavy atom. The van der Waals surface area contributed by atoms with Crippen molar-refractivity contribution >= 4 is 17.5 Å². The zero-order chi connectivity index (χ0) is 15.9. The SMILES string of the molecule is Cc1ccccc1CC(=O)NCC(=O)Nc1ccccc1C. The van der Waals surface area contributed by atoms with Gasteiger partial charge in [0.1, 0.15) is 0 Å². The number of rotatable bonds is 5. The summed E-state index contributed by atoms with van der Waals surface area (Å²) in [6.07, 6.45) is 0.282. The maximum atomic E-state index is 11.9. The number of hydrogen-bond donors (Lipinski definition) is 2. The van der Waals surface area contributed by atoms with Crippen LogP contribution >= 0.6 is 0 Å². The molecule has 22 heavy (non-hydrogen) atoms. The third kappa shape index (κ3) is 4.45. The third-order valence-corrected chi connectivity index (χ3v) is 3.48. The van der Waals surface area contributed by atoms with E-state index in [2.05, 4.69) is 10.6 Å². The van der Waals surface area contributed by atoms with E-state index in [-0.39, 0.29) is 24.8 Å². The Bertz CT molecular complexity index is 621. The van der Waals surface area contributed by atoms with Crippen LogP contribution in [0.15, 0.2) is 48.5 Å². The van der Waals surface area contributed by atoms with Crippen molar-refractivity contribution in [2.45, 2.75) is 20.3 Å². The van der Waals surface area contributed by atoms with E-state index in [9.17, 15) is 9.59 Å². The molecule has 0 radical (unpaired) electrons. The largest absolute Gasteiger partial charge is 0.347 e. The fourth-order valence-corrected chi connectivity index (χ4v) is 2.13. The van der Waals surface area contributed by atoms with Gasteiger partial charge in [-0.1, -0.05) is 42.5 Å². The minimum absolute atomic E-state index is 0.0287. The molecule has 2 aromatic carbocycles. The topological polar surface area (TPSA) is 58.2 Å². The molecule has 0 aromatic heterocycles. The fourth-order valence-electron chi connectivity index (χ4n) is 2.13.